The fraction of sp³-hybridized carbons (Fsp3) is 0.143. The molecule has 0 unspecified atom stereocenters. The third-order valence-electron chi connectivity index (χ3n) is 4.06. The van der Waals surface area contributed by atoms with Crippen molar-refractivity contribution < 1.29 is 14.6 Å². The lowest BCUT2D eigenvalue weighted by Gasteiger charge is -2.24. The minimum Gasteiger partial charge on any atom is -0.496 e. The summed E-state index contributed by atoms with van der Waals surface area (Å²) in [5, 5.41) is 13.2. The van der Waals surface area contributed by atoms with Crippen LogP contribution in [0, 0.1) is 0 Å². The average Bonchev–Trinajstić information content (AvgIpc) is 2.69. The summed E-state index contributed by atoms with van der Waals surface area (Å²) in [6.45, 7) is -0.000690. The predicted octanol–water partition coefficient (Wildman–Crippen LogP) is 2.95. The smallest absolute Gasteiger partial charge is 0.127 e. The summed E-state index contributed by atoms with van der Waals surface area (Å²) in [7, 11) is 2.44. The Morgan fingerprint density at radius 1 is 0.680 bits per heavy atom. The fourth-order valence-corrected chi connectivity index (χ4v) is 5.57. The van der Waals surface area contributed by atoms with E-state index in [9.17, 15) is 5.11 Å². The molecule has 25 heavy (non-hydrogen) atoms. The maximum Gasteiger partial charge on any atom is 0.127 e. The molecule has 3 aromatic rings. The molecule has 0 fully saturated rings. The molecule has 0 heterocycles. The summed E-state index contributed by atoms with van der Waals surface area (Å²) in [4.78, 5) is 0. The third-order valence-corrected chi connectivity index (χ3v) is 6.68. The summed E-state index contributed by atoms with van der Waals surface area (Å²) >= 11 is 0. The van der Waals surface area contributed by atoms with Crippen molar-refractivity contribution in [1.29, 1.82) is 0 Å². The van der Waals surface area contributed by atoms with Crippen LogP contribution < -0.4 is 25.4 Å². The summed E-state index contributed by atoms with van der Waals surface area (Å²) in [5.74, 6) is 1.68. The van der Waals surface area contributed by atoms with E-state index < -0.39 is 7.92 Å². The number of benzene rings is 3. The first-order valence-electron chi connectivity index (χ1n) is 8.05. The summed E-state index contributed by atoms with van der Waals surface area (Å²) < 4.78 is 11.3. The van der Waals surface area contributed by atoms with Crippen LogP contribution in [0.15, 0.2) is 72.8 Å². The highest BCUT2D eigenvalue weighted by atomic mass is 31.1. The Morgan fingerprint density at radius 3 is 1.60 bits per heavy atom. The molecular formula is C21H21O3P. The highest BCUT2D eigenvalue weighted by Gasteiger charge is 2.24. The van der Waals surface area contributed by atoms with Gasteiger partial charge >= 0.3 is 0 Å². The van der Waals surface area contributed by atoms with Crippen LogP contribution in [-0.4, -0.2) is 19.3 Å². The fourth-order valence-electron chi connectivity index (χ4n) is 2.88. The zero-order chi connectivity index (χ0) is 17.6. The second-order valence-corrected chi connectivity index (χ2v) is 7.58. The molecule has 1 N–H and O–H groups in total. The first-order chi connectivity index (χ1) is 12.3. The maximum absolute atomic E-state index is 9.86. The van der Waals surface area contributed by atoms with E-state index in [0.29, 0.717) is 0 Å². The van der Waals surface area contributed by atoms with E-state index in [1.54, 1.807) is 14.2 Å². The normalized spacial score (nSPS) is 10.7. The van der Waals surface area contributed by atoms with Gasteiger partial charge in [-0.1, -0.05) is 60.7 Å². The van der Waals surface area contributed by atoms with Crippen LogP contribution >= 0.6 is 7.92 Å². The summed E-state index contributed by atoms with van der Waals surface area (Å²) in [6, 6.07) is 24.1. The van der Waals surface area contributed by atoms with Crippen LogP contribution in [0.25, 0.3) is 0 Å². The van der Waals surface area contributed by atoms with E-state index in [1.165, 1.54) is 0 Å². The van der Waals surface area contributed by atoms with Gasteiger partial charge in [0.25, 0.3) is 0 Å². The number of methoxy groups -OCH3 is 2. The lowest BCUT2D eigenvalue weighted by molar-refractivity contribution is 0.283. The molecule has 0 radical (unpaired) electrons. The van der Waals surface area contributed by atoms with Gasteiger partial charge < -0.3 is 14.6 Å². The molecule has 0 atom stereocenters. The van der Waals surface area contributed by atoms with Crippen LogP contribution in [0.3, 0.4) is 0 Å². The monoisotopic (exact) mass is 352 g/mol. The summed E-state index contributed by atoms with van der Waals surface area (Å²) in [5.41, 5.74) is 0.922. The number of rotatable bonds is 6. The Morgan fingerprint density at radius 2 is 1.12 bits per heavy atom. The van der Waals surface area contributed by atoms with E-state index in [0.717, 1.165) is 33.0 Å². The van der Waals surface area contributed by atoms with Gasteiger partial charge in [-0.2, -0.15) is 0 Å². The lowest BCUT2D eigenvalue weighted by Crippen LogP contribution is -2.25. The second-order valence-electron chi connectivity index (χ2n) is 5.47. The molecule has 0 saturated heterocycles. The van der Waals surface area contributed by atoms with Crippen LogP contribution in [0.4, 0.5) is 0 Å². The van der Waals surface area contributed by atoms with Gasteiger partial charge in [0.2, 0.25) is 0 Å². The zero-order valence-electron chi connectivity index (χ0n) is 14.3. The van der Waals surface area contributed by atoms with Gasteiger partial charge in [-0.05, 0) is 30.9 Å². The molecule has 0 aromatic heterocycles. The molecule has 0 spiro atoms. The van der Waals surface area contributed by atoms with Crippen molar-refractivity contribution in [2.45, 2.75) is 6.61 Å². The Labute approximate surface area is 149 Å². The quantitative estimate of drug-likeness (QED) is 0.694. The molecule has 3 aromatic carbocycles. The molecule has 0 aliphatic rings. The Hall–Kier alpha value is -2.35. The Kier molecular flexibility index (Phi) is 5.70. The third kappa shape index (κ3) is 3.53. The van der Waals surface area contributed by atoms with Crippen molar-refractivity contribution in [1.82, 2.24) is 0 Å². The molecule has 128 valence electrons. The molecule has 0 amide bonds. The molecule has 0 bridgehead atoms. The topological polar surface area (TPSA) is 38.7 Å². The van der Waals surface area contributed by atoms with Crippen molar-refractivity contribution in [3.05, 3.63) is 78.4 Å². The van der Waals surface area contributed by atoms with Gasteiger partial charge in [0.05, 0.1) is 20.8 Å². The minimum atomic E-state index is -0.936. The van der Waals surface area contributed by atoms with Gasteiger partial charge in [-0.25, -0.2) is 0 Å². The van der Waals surface area contributed by atoms with Gasteiger partial charge in [-0.15, -0.1) is 0 Å². The number of ether oxygens (including phenoxy) is 2. The minimum absolute atomic E-state index is 0.000690. The number of aliphatic hydroxyl groups is 1. The zero-order valence-corrected chi connectivity index (χ0v) is 15.2. The molecule has 3 nitrogen and oxygen atoms in total. The van der Waals surface area contributed by atoms with E-state index >= 15 is 0 Å². The van der Waals surface area contributed by atoms with E-state index in [1.807, 2.05) is 54.6 Å². The predicted molar refractivity (Wildman–Crippen MR) is 104 cm³/mol. The maximum atomic E-state index is 9.86. The van der Waals surface area contributed by atoms with Crippen molar-refractivity contribution in [2.24, 2.45) is 0 Å². The Balaban J connectivity index is 2.29. The van der Waals surface area contributed by atoms with Crippen molar-refractivity contribution in [2.75, 3.05) is 14.2 Å². The van der Waals surface area contributed by atoms with Crippen LogP contribution in [0.1, 0.15) is 5.56 Å². The molecule has 0 saturated carbocycles. The van der Waals surface area contributed by atoms with Gasteiger partial charge in [0.1, 0.15) is 11.5 Å². The van der Waals surface area contributed by atoms with E-state index in [4.69, 9.17) is 9.47 Å². The molecular weight excluding hydrogens is 331 g/mol. The van der Waals surface area contributed by atoms with Crippen LogP contribution in [0.2, 0.25) is 0 Å². The van der Waals surface area contributed by atoms with Gasteiger partial charge in [-0.3, -0.25) is 0 Å². The van der Waals surface area contributed by atoms with E-state index in [-0.39, 0.29) is 6.61 Å². The molecule has 0 aliphatic heterocycles. The standard InChI is InChI=1S/C21H21O3P/c1-23-17-10-4-7-13-20(17)25(19-12-6-3-9-16(19)15-22)21-14-8-5-11-18(21)24-2/h3-14,22H,15H2,1-2H3. The number of hydrogen-bond acceptors (Lipinski definition) is 3. The first kappa shape index (κ1) is 17.5. The van der Waals surface area contributed by atoms with Gasteiger partial charge in [0, 0.05) is 10.6 Å². The lowest BCUT2D eigenvalue weighted by atomic mass is 10.2. The summed E-state index contributed by atoms with van der Waals surface area (Å²) in [6.07, 6.45) is 0. The Bertz CT molecular complexity index is 735. The van der Waals surface area contributed by atoms with Crippen LogP contribution in [-0.2, 0) is 6.61 Å². The molecule has 0 aliphatic carbocycles. The molecule has 3 rings (SSSR count). The van der Waals surface area contributed by atoms with Crippen molar-refractivity contribution >= 4 is 23.8 Å². The van der Waals surface area contributed by atoms with Gasteiger partial charge in [0.15, 0.2) is 0 Å². The van der Waals surface area contributed by atoms with Crippen molar-refractivity contribution in [3.63, 3.8) is 0 Å². The van der Waals surface area contributed by atoms with Crippen molar-refractivity contribution in [3.8, 4) is 11.5 Å². The number of para-hydroxylation sites is 2. The molecule has 4 heteroatoms. The second kappa shape index (κ2) is 8.15. The van der Waals surface area contributed by atoms with Crippen LogP contribution in [0.5, 0.6) is 11.5 Å². The average molecular weight is 352 g/mol. The van der Waals surface area contributed by atoms with E-state index in [2.05, 4.69) is 18.2 Å². The first-order valence-corrected chi connectivity index (χ1v) is 9.39. The largest absolute Gasteiger partial charge is 0.496 e. The SMILES string of the molecule is COc1ccccc1P(c1ccccc1CO)c1ccccc1OC. The number of aliphatic hydroxyl groups excluding tert-OH is 1. The highest BCUT2D eigenvalue weighted by Crippen LogP contribution is 2.40. The highest BCUT2D eigenvalue weighted by molar-refractivity contribution is 7.80. The number of hydrogen-bond donors (Lipinski definition) is 1.